The third-order valence-electron chi connectivity index (χ3n) is 4.02. The summed E-state index contributed by atoms with van der Waals surface area (Å²) in [5, 5.41) is 0. The van der Waals surface area contributed by atoms with Crippen LogP contribution in [0.5, 0.6) is 0 Å². The fourth-order valence-corrected chi connectivity index (χ4v) is 3.40. The normalized spacial score (nSPS) is 15.6. The second-order valence-electron chi connectivity index (χ2n) is 7.39. The third kappa shape index (κ3) is 6.15. The summed E-state index contributed by atoms with van der Waals surface area (Å²) in [6, 6.07) is 18.3. The van der Waals surface area contributed by atoms with Gasteiger partial charge in [0.2, 0.25) is 0 Å². The highest BCUT2D eigenvalue weighted by atomic mass is 32.2. The number of hydrogen-bond donors (Lipinski definition) is 1. The van der Waals surface area contributed by atoms with Crippen LogP contribution in [-0.2, 0) is 22.7 Å². The lowest BCUT2D eigenvalue weighted by Crippen LogP contribution is -2.44. The predicted octanol–water partition coefficient (Wildman–Crippen LogP) is 4.69. The molecule has 0 aromatic heterocycles. The number of aryl methyl sites for hydroxylation is 1. The number of benzene rings is 2. The van der Waals surface area contributed by atoms with Crippen molar-refractivity contribution in [3.63, 3.8) is 0 Å². The molecule has 0 aliphatic rings. The first kappa shape index (κ1) is 20.0. The van der Waals surface area contributed by atoms with Crippen LogP contribution in [0.2, 0.25) is 0 Å². The number of rotatable bonds is 7. The summed E-state index contributed by atoms with van der Waals surface area (Å²) in [6.45, 7) is 10.5. The second kappa shape index (κ2) is 8.86. The molecular formula is C21H29NO2S. The fraction of sp³-hybridized carbons (Fsp3) is 0.429. The average molecular weight is 360 g/mol. The van der Waals surface area contributed by atoms with Crippen LogP contribution in [0.25, 0.3) is 0 Å². The van der Waals surface area contributed by atoms with E-state index in [0.717, 1.165) is 11.1 Å². The molecule has 25 heavy (non-hydrogen) atoms. The molecule has 2 aromatic carbocycles. The maximum Gasteiger partial charge on any atom is 0.136 e. The second-order valence-corrected chi connectivity index (χ2v) is 9.39. The Hall–Kier alpha value is -1.33. The van der Waals surface area contributed by atoms with Gasteiger partial charge in [0.15, 0.2) is 0 Å². The third-order valence-corrected chi connectivity index (χ3v) is 5.60. The van der Waals surface area contributed by atoms with E-state index < -0.39 is 11.4 Å². The van der Waals surface area contributed by atoms with Crippen LogP contribution in [0.1, 0.15) is 50.4 Å². The topological polar surface area (TPSA) is 44.3 Å². The van der Waals surface area contributed by atoms with E-state index in [1.165, 1.54) is 5.56 Å². The van der Waals surface area contributed by atoms with E-state index in [1.807, 2.05) is 52.0 Å². The van der Waals surface area contributed by atoms with Crippen LogP contribution >= 0.6 is 0 Å². The van der Waals surface area contributed by atoms with Gasteiger partial charge >= 0.3 is 0 Å². The Morgan fingerprint density at radius 3 is 2.36 bits per heavy atom. The Kier molecular flexibility index (Phi) is 7.08. The number of nitrogens with one attached hydrogen (secondary N) is 1. The zero-order valence-corrected chi connectivity index (χ0v) is 16.6. The molecule has 0 spiro atoms. The summed E-state index contributed by atoms with van der Waals surface area (Å²) >= 11 is -1.17. The molecule has 0 fully saturated rings. The quantitative estimate of drug-likeness (QED) is 0.729. The molecule has 4 heteroatoms. The average Bonchev–Trinajstić information content (AvgIpc) is 2.57. The van der Waals surface area contributed by atoms with Crippen molar-refractivity contribution in [1.82, 2.24) is 4.72 Å². The van der Waals surface area contributed by atoms with Gasteiger partial charge < -0.3 is 9.29 Å². The van der Waals surface area contributed by atoms with Crippen molar-refractivity contribution in [2.45, 2.75) is 58.1 Å². The molecule has 1 N–H and O–H groups in total. The van der Waals surface area contributed by atoms with Crippen molar-refractivity contribution >= 4 is 11.4 Å². The maximum atomic E-state index is 12.7. The highest BCUT2D eigenvalue weighted by Gasteiger charge is 2.32. The number of hydrogen-bond acceptors (Lipinski definition) is 3. The minimum atomic E-state index is -1.17. The van der Waals surface area contributed by atoms with Gasteiger partial charge in [-0.2, -0.15) is 0 Å². The lowest BCUT2D eigenvalue weighted by molar-refractivity contribution is 0.0317. The van der Waals surface area contributed by atoms with Crippen molar-refractivity contribution in [2.75, 3.05) is 0 Å². The molecule has 2 unspecified atom stereocenters. The van der Waals surface area contributed by atoms with E-state index in [-0.39, 0.29) is 16.9 Å². The van der Waals surface area contributed by atoms with E-state index in [1.54, 1.807) is 0 Å². The van der Waals surface area contributed by atoms with Gasteiger partial charge in [0.1, 0.15) is 10.8 Å². The first-order valence-electron chi connectivity index (χ1n) is 8.67. The Morgan fingerprint density at radius 2 is 1.76 bits per heavy atom. The largest absolute Gasteiger partial charge is 0.598 e. The van der Waals surface area contributed by atoms with Gasteiger partial charge in [-0.1, -0.05) is 60.2 Å². The summed E-state index contributed by atoms with van der Waals surface area (Å²) in [5.41, 5.74) is 3.41. The molecule has 136 valence electrons. The molecule has 0 bridgehead atoms. The fourth-order valence-electron chi connectivity index (χ4n) is 2.49. The summed E-state index contributed by atoms with van der Waals surface area (Å²) in [5.74, 6) is 0. The van der Waals surface area contributed by atoms with E-state index in [2.05, 4.69) is 42.0 Å². The van der Waals surface area contributed by atoms with Crippen molar-refractivity contribution in [3.05, 3.63) is 71.3 Å². The summed E-state index contributed by atoms with van der Waals surface area (Å²) in [6.07, 6.45) is -0.117. The van der Waals surface area contributed by atoms with Gasteiger partial charge in [-0.3, -0.25) is 0 Å². The highest BCUT2D eigenvalue weighted by Crippen LogP contribution is 2.25. The van der Waals surface area contributed by atoms with Gasteiger partial charge in [-0.15, -0.1) is 4.72 Å². The molecule has 0 saturated heterocycles. The summed E-state index contributed by atoms with van der Waals surface area (Å²) in [7, 11) is 0. The maximum absolute atomic E-state index is 12.7. The Balaban J connectivity index is 2.15. The van der Waals surface area contributed by atoms with Crippen molar-refractivity contribution < 1.29 is 9.29 Å². The standard InChI is InChI=1S/C21H29NO2S/c1-16-10-9-13-19(14-16)20(22-25(23)21(3,4)5)17(2)24-15-18-11-7-6-8-12-18/h6-14,17,20,22H,15H2,1-5H3/t17?,20?,25-/m0/s1. The lowest BCUT2D eigenvalue weighted by Gasteiger charge is -2.31. The first-order chi connectivity index (χ1) is 11.8. The zero-order chi connectivity index (χ0) is 18.4. The van der Waals surface area contributed by atoms with Crippen molar-refractivity contribution in [2.24, 2.45) is 0 Å². The molecule has 0 aliphatic carbocycles. The Labute approximate surface area is 155 Å². The van der Waals surface area contributed by atoms with E-state index in [9.17, 15) is 4.55 Å². The van der Waals surface area contributed by atoms with Gasteiger partial charge in [0.05, 0.1) is 12.7 Å². The Morgan fingerprint density at radius 1 is 1.08 bits per heavy atom. The predicted molar refractivity (Wildman–Crippen MR) is 106 cm³/mol. The van der Waals surface area contributed by atoms with Crippen LogP contribution < -0.4 is 4.72 Å². The molecule has 3 atom stereocenters. The minimum absolute atomic E-state index is 0.117. The zero-order valence-electron chi connectivity index (χ0n) is 15.8. The van der Waals surface area contributed by atoms with E-state index >= 15 is 0 Å². The van der Waals surface area contributed by atoms with Gasteiger partial charge in [0.25, 0.3) is 0 Å². The van der Waals surface area contributed by atoms with Crippen molar-refractivity contribution in [3.8, 4) is 0 Å². The van der Waals surface area contributed by atoms with Crippen LogP contribution in [0.15, 0.2) is 54.6 Å². The summed E-state index contributed by atoms with van der Waals surface area (Å²) in [4.78, 5) is 0. The molecule has 0 saturated carbocycles. The molecule has 0 amide bonds. The Bertz CT molecular complexity index is 654. The van der Waals surface area contributed by atoms with E-state index in [0.29, 0.717) is 6.61 Å². The number of ether oxygens (including phenoxy) is 1. The first-order valence-corrected chi connectivity index (χ1v) is 9.82. The SMILES string of the molecule is Cc1cccc(C(N[S@@+]([O-])C(C)(C)C)C(C)OCc2ccccc2)c1. The van der Waals surface area contributed by atoms with Crippen LogP contribution in [0.3, 0.4) is 0 Å². The van der Waals surface area contributed by atoms with Crippen molar-refractivity contribution in [1.29, 1.82) is 0 Å². The molecule has 0 heterocycles. The molecule has 3 nitrogen and oxygen atoms in total. The van der Waals surface area contributed by atoms with Crippen LogP contribution in [-0.4, -0.2) is 15.4 Å². The molecular weight excluding hydrogens is 330 g/mol. The molecule has 0 aliphatic heterocycles. The van der Waals surface area contributed by atoms with Gasteiger partial charge in [-0.05, 0) is 45.7 Å². The van der Waals surface area contributed by atoms with Gasteiger partial charge in [0, 0.05) is 11.4 Å². The molecule has 0 radical (unpaired) electrons. The van der Waals surface area contributed by atoms with Crippen LogP contribution in [0, 0.1) is 6.92 Å². The minimum Gasteiger partial charge on any atom is -0.598 e. The summed E-state index contributed by atoms with van der Waals surface area (Å²) < 4.78 is 21.7. The highest BCUT2D eigenvalue weighted by molar-refractivity contribution is 7.90. The van der Waals surface area contributed by atoms with E-state index in [4.69, 9.17) is 4.74 Å². The monoisotopic (exact) mass is 359 g/mol. The van der Waals surface area contributed by atoms with Crippen LogP contribution in [0.4, 0.5) is 0 Å². The smallest absolute Gasteiger partial charge is 0.136 e. The molecule has 2 aromatic rings. The lowest BCUT2D eigenvalue weighted by atomic mass is 10.0. The van der Waals surface area contributed by atoms with Gasteiger partial charge in [-0.25, -0.2) is 0 Å². The molecule has 2 rings (SSSR count).